The van der Waals surface area contributed by atoms with E-state index in [1.54, 1.807) is 55.9 Å². The number of benzene rings is 4. The number of anilines is 1. The summed E-state index contributed by atoms with van der Waals surface area (Å²) in [6.07, 6.45) is 2.67. The minimum absolute atomic E-state index is 0.00818. The number of aromatic nitrogens is 2. The number of amides is 6. The predicted octanol–water partition coefficient (Wildman–Crippen LogP) is 3.89. The molecule has 2 aromatic heterocycles. The standard InChI is InChI=1S/C24H23N2O4P.C17H23N5O6.C15H14O.CH3NO/c1-3-24(29)16-7-18-21-14(9-26(18)22(27)15(16)10-30-23(24)28)13-6-4-5-12-11(2)19(31)8-17(25-21)20(12)13;1-10(21-15(25)7-20-9-23)13(6-14(18)24)16(26)22-12-4-2-11(3-5-12)8-28-17(19)27;1-16-10-15-13-8-4-2-6-11(13)12-7-3-5-9-14(12)15;2-1-3/h7-8,29H,3-6,9-10,31H2,1-2H3;2-5,9-10,13H,6-8H2,1H3,(H2,18,24)(H2,19,27)(H,20,23)(H,21,25)(H,22,26);2-9,15H,10H2,1H3;1H,(H2,2,3)/t24-;;;/m0.../s1. The summed E-state index contributed by atoms with van der Waals surface area (Å²) in [6, 6.07) is 26.8. The largest absolute Gasteiger partial charge is 0.458 e. The first-order valence-corrected chi connectivity index (χ1v) is 25.8. The number of nitrogens with two attached hydrogens (primary N) is 3. The van der Waals surface area contributed by atoms with Crippen molar-refractivity contribution in [2.45, 2.75) is 90.2 Å². The van der Waals surface area contributed by atoms with Crippen LogP contribution in [-0.2, 0) is 81.2 Å². The quantitative estimate of drug-likeness (QED) is 0.0463. The minimum atomic E-state index is -1.80. The smallest absolute Gasteiger partial charge is 0.404 e. The number of carbonyl (C=O) groups is 7. The van der Waals surface area contributed by atoms with Gasteiger partial charge >= 0.3 is 12.1 Å². The van der Waals surface area contributed by atoms with Crippen molar-refractivity contribution in [3.05, 3.63) is 145 Å². The third kappa shape index (κ3) is 12.1. The van der Waals surface area contributed by atoms with E-state index in [2.05, 4.69) is 97.2 Å². The van der Waals surface area contributed by atoms with Crippen LogP contribution in [0.4, 0.5) is 10.5 Å². The van der Waals surface area contributed by atoms with Crippen molar-refractivity contribution in [2.24, 2.45) is 23.1 Å². The Labute approximate surface area is 452 Å². The van der Waals surface area contributed by atoms with Crippen molar-refractivity contribution in [1.82, 2.24) is 20.2 Å². The number of pyridine rings is 2. The number of primary amides is 3. The summed E-state index contributed by atoms with van der Waals surface area (Å²) in [4.78, 5) is 95.8. The van der Waals surface area contributed by atoms with Gasteiger partial charge in [0, 0.05) is 47.7 Å². The number of aliphatic hydroxyl groups is 1. The molecule has 0 fully saturated rings. The lowest BCUT2D eigenvalue weighted by Gasteiger charge is -2.31. The van der Waals surface area contributed by atoms with Gasteiger partial charge in [-0.1, -0.05) is 67.6 Å². The number of ether oxygens (including phenoxy) is 3. The van der Waals surface area contributed by atoms with Crippen LogP contribution in [0.15, 0.2) is 89.7 Å². The van der Waals surface area contributed by atoms with Crippen LogP contribution in [0.1, 0.15) is 89.1 Å². The Morgan fingerprint density at radius 3 is 2.19 bits per heavy atom. The molecule has 0 saturated carbocycles. The summed E-state index contributed by atoms with van der Waals surface area (Å²) in [5.41, 5.74) is 27.0. The normalized spacial score (nSPS) is 15.6. The zero-order chi connectivity index (χ0) is 56.4. The molecule has 10 rings (SSSR count). The van der Waals surface area contributed by atoms with Crippen LogP contribution >= 0.6 is 9.24 Å². The number of hydrogen-bond acceptors (Lipinski definition) is 13. The Kier molecular flexibility index (Phi) is 18.6. The molecular formula is C57H63N8O12P. The highest BCUT2D eigenvalue weighted by molar-refractivity contribution is 7.27. The van der Waals surface area contributed by atoms with Gasteiger partial charge in [-0.15, -0.1) is 9.24 Å². The number of hydrogen-bond donors (Lipinski definition) is 7. The van der Waals surface area contributed by atoms with Crippen LogP contribution in [0.3, 0.4) is 0 Å². The predicted molar refractivity (Wildman–Crippen MR) is 295 cm³/mol. The second-order valence-corrected chi connectivity index (χ2v) is 19.7. The Morgan fingerprint density at radius 2 is 1.59 bits per heavy atom. The van der Waals surface area contributed by atoms with E-state index in [1.165, 1.54) is 44.3 Å². The summed E-state index contributed by atoms with van der Waals surface area (Å²) in [5, 5.41) is 20.8. The lowest BCUT2D eigenvalue weighted by atomic mass is 9.84. The topological polar surface area (TPSA) is 316 Å². The molecule has 0 bridgehead atoms. The van der Waals surface area contributed by atoms with Crippen LogP contribution in [0.25, 0.3) is 33.4 Å². The third-order valence-corrected chi connectivity index (χ3v) is 15.0. The maximum Gasteiger partial charge on any atom is 0.404 e. The van der Waals surface area contributed by atoms with Gasteiger partial charge in [0.1, 0.15) is 13.2 Å². The number of methoxy groups -OCH3 is 1. The molecular weight excluding hydrogens is 1020 g/mol. The molecule has 2 aliphatic carbocycles. The molecule has 0 spiro atoms. The van der Waals surface area contributed by atoms with E-state index in [0.29, 0.717) is 46.9 Å². The van der Waals surface area contributed by atoms with Crippen molar-refractivity contribution >= 4 is 73.7 Å². The first-order chi connectivity index (χ1) is 37.4. The summed E-state index contributed by atoms with van der Waals surface area (Å²) >= 11 is 0. The monoisotopic (exact) mass is 1080 g/mol. The number of cyclic esters (lactones) is 1. The van der Waals surface area contributed by atoms with Crippen LogP contribution in [0.2, 0.25) is 0 Å². The average Bonchev–Trinajstić information content (AvgIpc) is 4.12. The molecule has 21 heteroatoms. The molecule has 10 N–H and O–H groups in total. The van der Waals surface area contributed by atoms with Gasteiger partial charge in [-0.25, -0.2) is 14.6 Å². The molecule has 2 aliphatic heterocycles. The zero-order valence-corrected chi connectivity index (χ0v) is 44.8. The van der Waals surface area contributed by atoms with E-state index in [1.807, 2.05) is 0 Å². The average molecular weight is 1080 g/mol. The molecule has 3 unspecified atom stereocenters. The highest BCUT2D eigenvalue weighted by Crippen LogP contribution is 2.45. The van der Waals surface area contributed by atoms with E-state index < -0.39 is 47.3 Å². The fourth-order valence-electron chi connectivity index (χ4n) is 10.5. The van der Waals surface area contributed by atoms with Crippen molar-refractivity contribution in [3.63, 3.8) is 0 Å². The molecule has 78 heavy (non-hydrogen) atoms. The van der Waals surface area contributed by atoms with E-state index in [9.17, 15) is 38.7 Å². The summed E-state index contributed by atoms with van der Waals surface area (Å²) < 4.78 is 16.9. The summed E-state index contributed by atoms with van der Waals surface area (Å²) in [7, 11) is 4.58. The fourth-order valence-corrected chi connectivity index (χ4v) is 10.8. The van der Waals surface area contributed by atoms with Crippen molar-refractivity contribution in [1.29, 1.82) is 0 Å². The Balaban J connectivity index is 0.000000173. The fraction of sp³-hybridized carbons (Fsp3) is 0.316. The second kappa shape index (κ2) is 25.2. The number of esters is 1. The zero-order valence-electron chi connectivity index (χ0n) is 43.7. The molecule has 408 valence electrons. The number of fused-ring (bicyclic) bond motifs is 8. The number of nitrogens with zero attached hydrogens (tertiary/aromatic N) is 2. The Morgan fingerprint density at radius 1 is 0.949 bits per heavy atom. The molecule has 6 amide bonds. The van der Waals surface area contributed by atoms with Crippen LogP contribution in [-0.4, -0.2) is 83.6 Å². The molecule has 4 atom stereocenters. The molecule has 4 aromatic carbocycles. The third-order valence-electron chi connectivity index (χ3n) is 14.4. The van der Waals surface area contributed by atoms with Gasteiger partial charge < -0.3 is 57.0 Å². The highest BCUT2D eigenvalue weighted by Gasteiger charge is 2.45. The van der Waals surface area contributed by atoms with Gasteiger partial charge in [-0.05, 0) is 114 Å². The SMILES string of the molecule is CC(NC(=O)CNC=O)C(CC(N)=O)C(=O)Nc1ccc(COC(N)=O)cc1.CC[C@@]1(O)C(=O)OCc2c1cc1n(c2=O)Cc2c-1nc1cc(P)c(C)c3c1c2CCC3.COCC1c2ccccc2-c2ccccc21.NC=O. The first-order valence-electron chi connectivity index (χ1n) is 25.2. The van der Waals surface area contributed by atoms with E-state index >= 15 is 0 Å². The Hall–Kier alpha value is -8.32. The molecule has 4 heterocycles. The molecule has 6 aromatic rings. The molecule has 0 radical (unpaired) electrons. The van der Waals surface area contributed by atoms with Crippen molar-refractivity contribution in [3.8, 4) is 22.5 Å². The van der Waals surface area contributed by atoms with Gasteiger partial charge in [0.25, 0.3) is 5.56 Å². The van der Waals surface area contributed by atoms with E-state index in [-0.39, 0.29) is 44.6 Å². The molecule has 0 saturated heterocycles. The maximum absolute atomic E-state index is 13.4. The van der Waals surface area contributed by atoms with E-state index in [4.69, 9.17) is 30.7 Å². The minimum Gasteiger partial charge on any atom is -0.458 e. The van der Waals surface area contributed by atoms with Crippen molar-refractivity contribution < 1.29 is 52.9 Å². The molecule has 4 aliphatic rings. The van der Waals surface area contributed by atoms with E-state index in [0.717, 1.165) is 47.9 Å². The lowest BCUT2D eigenvalue weighted by molar-refractivity contribution is -0.172. The van der Waals surface area contributed by atoms with Crippen LogP contribution < -0.4 is 44.0 Å². The van der Waals surface area contributed by atoms with Gasteiger partial charge in [-0.2, -0.15) is 0 Å². The number of rotatable bonds is 14. The van der Waals surface area contributed by atoms with Crippen LogP contribution in [0.5, 0.6) is 0 Å². The summed E-state index contributed by atoms with van der Waals surface area (Å²) in [5.74, 6) is -2.95. The van der Waals surface area contributed by atoms with Gasteiger partial charge in [-0.3, -0.25) is 28.8 Å². The van der Waals surface area contributed by atoms with Gasteiger partial charge in [0.2, 0.25) is 30.5 Å². The Bertz CT molecular complexity index is 3320. The van der Waals surface area contributed by atoms with Gasteiger partial charge in [0.15, 0.2) is 5.60 Å². The lowest BCUT2D eigenvalue weighted by Crippen LogP contribution is -2.47. The summed E-state index contributed by atoms with van der Waals surface area (Å²) in [6.45, 7) is 6.29. The maximum atomic E-state index is 13.4. The first kappa shape index (κ1) is 57.4. The number of carbonyl (C=O) groups excluding carboxylic acids is 7. The number of nitrogens with one attached hydrogen (secondary N) is 3. The van der Waals surface area contributed by atoms with Crippen LogP contribution in [0, 0.1) is 12.8 Å². The van der Waals surface area contributed by atoms with Gasteiger partial charge in [0.05, 0.1) is 48.1 Å². The second-order valence-electron chi connectivity index (χ2n) is 19.1. The molecule has 20 nitrogen and oxygen atoms in total. The number of aryl methyl sites for hydroxylation is 2. The van der Waals surface area contributed by atoms with Crippen molar-refractivity contribution in [2.75, 3.05) is 25.6 Å². The highest BCUT2D eigenvalue weighted by atomic mass is 31.0.